The minimum Gasteiger partial charge on any atom is -0.378 e. The quantitative estimate of drug-likeness (QED) is 0.413. The number of nitro groups is 1. The zero-order chi connectivity index (χ0) is 20.8. The van der Waals surface area contributed by atoms with Gasteiger partial charge < -0.3 is 19.3 Å². The molecule has 0 unspecified atom stereocenters. The molecule has 0 bridgehead atoms. The van der Waals surface area contributed by atoms with E-state index in [0.717, 1.165) is 0 Å². The molecule has 2 aromatic rings. The lowest BCUT2D eigenvalue weighted by Gasteiger charge is -2.30. The first-order valence-corrected chi connectivity index (χ1v) is 9.65. The molecule has 0 saturated carbocycles. The van der Waals surface area contributed by atoms with E-state index in [1.54, 1.807) is 18.2 Å². The van der Waals surface area contributed by atoms with Gasteiger partial charge in [-0.3, -0.25) is 10.1 Å². The standard InChI is InChI=1S/C18H22N8O4/c27-26(28)15-4-2-1-3-14(15)13-19-23-16-20-17(24-5-9-29-10-6-24)22-18(21-16)25-7-11-30-12-8-25/h1-4,13H,5-12H2,(H,20,21,22,23). The topological polar surface area (TPSA) is 131 Å². The van der Waals surface area contributed by atoms with E-state index < -0.39 is 4.92 Å². The van der Waals surface area contributed by atoms with Gasteiger partial charge in [0.25, 0.3) is 5.69 Å². The Labute approximate surface area is 172 Å². The molecular weight excluding hydrogens is 392 g/mol. The summed E-state index contributed by atoms with van der Waals surface area (Å²) in [6, 6.07) is 6.37. The van der Waals surface area contributed by atoms with Gasteiger partial charge in [0.1, 0.15) is 0 Å². The number of morpholine rings is 2. The number of rotatable bonds is 6. The molecule has 2 aliphatic rings. The Balaban J connectivity index is 1.57. The monoisotopic (exact) mass is 414 g/mol. The number of nitrogens with zero attached hydrogens (tertiary/aromatic N) is 7. The van der Waals surface area contributed by atoms with Crippen LogP contribution in [-0.2, 0) is 9.47 Å². The normalized spacial score (nSPS) is 17.3. The third kappa shape index (κ3) is 4.78. The molecule has 0 aliphatic carbocycles. The van der Waals surface area contributed by atoms with E-state index in [2.05, 4.69) is 25.5 Å². The van der Waals surface area contributed by atoms with Gasteiger partial charge in [-0.25, -0.2) is 5.43 Å². The number of para-hydroxylation sites is 1. The van der Waals surface area contributed by atoms with Crippen molar-refractivity contribution in [3.05, 3.63) is 39.9 Å². The molecule has 2 aliphatic heterocycles. The maximum absolute atomic E-state index is 11.2. The second kappa shape index (κ2) is 9.41. The van der Waals surface area contributed by atoms with Crippen LogP contribution in [-0.4, -0.2) is 78.7 Å². The predicted octanol–water partition coefficient (Wildman–Crippen LogP) is 0.899. The number of hydrogen-bond donors (Lipinski definition) is 1. The average molecular weight is 414 g/mol. The Hall–Kier alpha value is -3.38. The van der Waals surface area contributed by atoms with E-state index in [1.165, 1.54) is 12.3 Å². The van der Waals surface area contributed by atoms with E-state index in [1.807, 2.05) is 9.80 Å². The summed E-state index contributed by atoms with van der Waals surface area (Å²) in [7, 11) is 0. The van der Waals surface area contributed by atoms with Gasteiger partial charge in [0.05, 0.1) is 43.1 Å². The van der Waals surface area contributed by atoms with Gasteiger partial charge in [0.15, 0.2) is 0 Å². The van der Waals surface area contributed by atoms with Crippen LogP contribution in [0.1, 0.15) is 5.56 Å². The van der Waals surface area contributed by atoms with Crippen LogP contribution in [0.5, 0.6) is 0 Å². The largest absolute Gasteiger partial charge is 0.378 e. The molecule has 2 saturated heterocycles. The number of nitro benzene ring substituents is 1. The summed E-state index contributed by atoms with van der Waals surface area (Å²) in [5.74, 6) is 1.35. The summed E-state index contributed by atoms with van der Waals surface area (Å²) in [6.07, 6.45) is 1.38. The summed E-state index contributed by atoms with van der Waals surface area (Å²) in [6.45, 7) is 5.18. The molecule has 158 valence electrons. The van der Waals surface area contributed by atoms with Gasteiger partial charge in [0.2, 0.25) is 17.8 Å². The van der Waals surface area contributed by atoms with Crippen molar-refractivity contribution in [2.75, 3.05) is 67.8 Å². The molecule has 12 heteroatoms. The third-order valence-corrected chi connectivity index (χ3v) is 4.70. The van der Waals surface area contributed by atoms with Crippen LogP contribution in [0.25, 0.3) is 0 Å². The number of ether oxygens (including phenoxy) is 2. The Bertz CT molecular complexity index is 877. The Morgan fingerprint density at radius 2 is 1.53 bits per heavy atom. The first-order chi connectivity index (χ1) is 14.7. The summed E-state index contributed by atoms with van der Waals surface area (Å²) >= 11 is 0. The zero-order valence-electron chi connectivity index (χ0n) is 16.3. The van der Waals surface area contributed by atoms with Crippen molar-refractivity contribution >= 4 is 29.7 Å². The first-order valence-electron chi connectivity index (χ1n) is 9.65. The minimum atomic E-state index is -0.447. The van der Waals surface area contributed by atoms with Gasteiger partial charge in [-0.2, -0.15) is 20.1 Å². The van der Waals surface area contributed by atoms with Gasteiger partial charge >= 0.3 is 0 Å². The minimum absolute atomic E-state index is 0.0262. The highest BCUT2D eigenvalue weighted by molar-refractivity contribution is 5.85. The van der Waals surface area contributed by atoms with Crippen LogP contribution in [0.15, 0.2) is 29.4 Å². The highest BCUT2D eigenvalue weighted by atomic mass is 16.6. The van der Waals surface area contributed by atoms with Crippen LogP contribution >= 0.6 is 0 Å². The number of benzene rings is 1. The lowest BCUT2D eigenvalue weighted by atomic mass is 10.2. The highest BCUT2D eigenvalue weighted by Crippen LogP contribution is 2.19. The Morgan fingerprint density at radius 1 is 0.967 bits per heavy atom. The van der Waals surface area contributed by atoms with E-state index in [4.69, 9.17) is 9.47 Å². The van der Waals surface area contributed by atoms with E-state index in [9.17, 15) is 10.1 Å². The van der Waals surface area contributed by atoms with Crippen molar-refractivity contribution in [2.24, 2.45) is 5.10 Å². The Kier molecular flexibility index (Phi) is 6.25. The van der Waals surface area contributed by atoms with Crippen LogP contribution in [0.3, 0.4) is 0 Å². The molecule has 0 amide bonds. The summed E-state index contributed by atoms with van der Waals surface area (Å²) < 4.78 is 10.8. The molecule has 1 aromatic carbocycles. The van der Waals surface area contributed by atoms with E-state index in [0.29, 0.717) is 70.1 Å². The maximum Gasteiger partial charge on any atom is 0.278 e. The van der Waals surface area contributed by atoms with Crippen molar-refractivity contribution in [1.82, 2.24) is 15.0 Å². The maximum atomic E-state index is 11.2. The lowest BCUT2D eigenvalue weighted by molar-refractivity contribution is -0.385. The first kappa shape index (κ1) is 19.9. The molecular formula is C18H22N8O4. The number of aromatic nitrogens is 3. The van der Waals surface area contributed by atoms with Crippen LogP contribution < -0.4 is 15.2 Å². The van der Waals surface area contributed by atoms with Gasteiger partial charge in [0, 0.05) is 32.2 Å². The van der Waals surface area contributed by atoms with E-state index >= 15 is 0 Å². The number of anilines is 3. The van der Waals surface area contributed by atoms with Crippen molar-refractivity contribution < 1.29 is 14.4 Å². The van der Waals surface area contributed by atoms with Crippen molar-refractivity contribution in [3.63, 3.8) is 0 Å². The third-order valence-electron chi connectivity index (χ3n) is 4.70. The van der Waals surface area contributed by atoms with E-state index in [-0.39, 0.29) is 11.6 Å². The molecule has 12 nitrogen and oxygen atoms in total. The zero-order valence-corrected chi connectivity index (χ0v) is 16.3. The molecule has 2 fully saturated rings. The fourth-order valence-electron chi connectivity index (χ4n) is 3.14. The summed E-state index contributed by atoms with van der Waals surface area (Å²) in [4.78, 5) is 28.3. The summed E-state index contributed by atoms with van der Waals surface area (Å²) in [5, 5.41) is 15.3. The molecule has 0 atom stereocenters. The molecule has 3 heterocycles. The van der Waals surface area contributed by atoms with Crippen molar-refractivity contribution in [3.8, 4) is 0 Å². The van der Waals surface area contributed by atoms with Gasteiger partial charge in [-0.1, -0.05) is 12.1 Å². The number of nitrogens with one attached hydrogen (secondary N) is 1. The second-order valence-electron chi connectivity index (χ2n) is 6.64. The van der Waals surface area contributed by atoms with Crippen LogP contribution in [0.4, 0.5) is 23.5 Å². The van der Waals surface area contributed by atoms with Crippen molar-refractivity contribution in [2.45, 2.75) is 0 Å². The fraction of sp³-hybridized carbons (Fsp3) is 0.444. The molecule has 4 rings (SSSR count). The smallest absolute Gasteiger partial charge is 0.278 e. The molecule has 0 radical (unpaired) electrons. The number of hydrazone groups is 1. The van der Waals surface area contributed by atoms with Crippen LogP contribution in [0, 0.1) is 10.1 Å². The predicted molar refractivity (Wildman–Crippen MR) is 110 cm³/mol. The highest BCUT2D eigenvalue weighted by Gasteiger charge is 2.20. The molecule has 1 aromatic heterocycles. The average Bonchev–Trinajstić information content (AvgIpc) is 2.80. The van der Waals surface area contributed by atoms with Crippen LogP contribution in [0.2, 0.25) is 0 Å². The molecule has 30 heavy (non-hydrogen) atoms. The lowest BCUT2D eigenvalue weighted by Crippen LogP contribution is -2.40. The van der Waals surface area contributed by atoms with Crippen molar-refractivity contribution in [1.29, 1.82) is 0 Å². The Morgan fingerprint density at radius 3 is 2.10 bits per heavy atom. The fourth-order valence-corrected chi connectivity index (χ4v) is 3.14. The SMILES string of the molecule is O=[N+]([O-])c1ccccc1C=NNc1nc(N2CCOCC2)nc(N2CCOCC2)n1. The van der Waals surface area contributed by atoms with Gasteiger partial charge in [-0.05, 0) is 6.07 Å². The summed E-state index contributed by atoms with van der Waals surface area (Å²) in [5.41, 5.74) is 3.14. The second-order valence-corrected chi connectivity index (χ2v) is 6.64. The molecule has 1 N–H and O–H groups in total. The molecule has 0 spiro atoms. The van der Waals surface area contributed by atoms with Gasteiger partial charge in [-0.15, -0.1) is 0 Å². The number of hydrogen-bond acceptors (Lipinski definition) is 11.